The van der Waals surface area contributed by atoms with E-state index in [0.717, 1.165) is 51.8 Å². The lowest BCUT2D eigenvalue weighted by molar-refractivity contribution is -0.937. The summed E-state index contributed by atoms with van der Waals surface area (Å²) in [5, 5.41) is 0. The third-order valence-electron chi connectivity index (χ3n) is 8.35. The van der Waals surface area contributed by atoms with E-state index in [4.69, 9.17) is 9.47 Å². The first kappa shape index (κ1) is 17.5. The van der Waals surface area contributed by atoms with Crippen LogP contribution in [0.1, 0.15) is 37.3 Å². The Morgan fingerprint density at radius 2 is 1.45 bits per heavy atom. The van der Waals surface area contributed by atoms with Gasteiger partial charge in [0.2, 0.25) is 0 Å². The fraction of sp³-hybridized carbons (Fsp3) is 0.480. The Labute approximate surface area is 172 Å². The van der Waals surface area contributed by atoms with Gasteiger partial charge in [-0.15, -0.1) is 0 Å². The Kier molecular flexibility index (Phi) is 3.40. The maximum absolute atomic E-state index is 13.7. The molecular formula is C25H28NO3+. The van der Waals surface area contributed by atoms with E-state index in [1.54, 1.807) is 0 Å². The quantitative estimate of drug-likeness (QED) is 0.568. The van der Waals surface area contributed by atoms with E-state index in [2.05, 4.69) is 14.1 Å². The molecule has 3 aliphatic heterocycles. The van der Waals surface area contributed by atoms with Crippen molar-refractivity contribution in [2.45, 2.75) is 49.8 Å². The number of hydrogen-bond donors (Lipinski definition) is 0. The van der Waals surface area contributed by atoms with Gasteiger partial charge in [0.25, 0.3) is 0 Å². The Morgan fingerprint density at radius 1 is 0.931 bits per heavy atom. The van der Waals surface area contributed by atoms with Crippen molar-refractivity contribution in [1.29, 1.82) is 0 Å². The predicted molar refractivity (Wildman–Crippen MR) is 110 cm³/mol. The summed E-state index contributed by atoms with van der Waals surface area (Å²) in [6, 6.07) is 17.0. The molecule has 2 bridgehead atoms. The number of piperidine rings is 2. The van der Waals surface area contributed by atoms with Gasteiger partial charge in [-0.3, -0.25) is 4.79 Å². The molecule has 4 unspecified atom stereocenters. The molecule has 4 nitrogen and oxygen atoms in total. The van der Waals surface area contributed by atoms with Crippen LogP contribution in [0.25, 0.3) is 0 Å². The molecule has 1 saturated carbocycles. The Hall–Kier alpha value is -2.33. The highest BCUT2D eigenvalue weighted by Crippen LogP contribution is 2.61. The minimum absolute atomic E-state index is 0.0236. The molecule has 0 radical (unpaired) electrons. The first-order valence-corrected chi connectivity index (χ1v) is 10.8. The van der Waals surface area contributed by atoms with Gasteiger partial charge in [-0.05, 0) is 25.5 Å². The summed E-state index contributed by atoms with van der Waals surface area (Å²) in [7, 11) is 4.73. The van der Waals surface area contributed by atoms with Crippen molar-refractivity contribution in [2.75, 3.05) is 14.1 Å². The third kappa shape index (κ3) is 2.27. The van der Waals surface area contributed by atoms with E-state index in [-0.39, 0.29) is 12.1 Å². The van der Waals surface area contributed by atoms with Crippen LogP contribution in [0.5, 0.6) is 11.5 Å². The van der Waals surface area contributed by atoms with Crippen molar-refractivity contribution < 1.29 is 18.8 Å². The highest BCUT2D eigenvalue weighted by atomic mass is 16.5. The summed E-state index contributed by atoms with van der Waals surface area (Å²) in [5.41, 5.74) is 0.928. The first-order chi connectivity index (χ1) is 13.9. The lowest BCUT2D eigenvalue weighted by Crippen LogP contribution is -2.59. The van der Waals surface area contributed by atoms with Gasteiger partial charge in [0.05, 0.1) is 26.2 Å². The number of ether oxygens (including phenoxy) is 2. The minimum atomic E-state index is -0.852. The fourth-order valence-corrected chi connectivity index (χ4v) is 6.67. The van der Waals surface area contributed by atoms with Crippen LogP contribution in [0.4, 0.5) is 0 Å². The van der Waals surface area contributed by atoms with E-state index in [1.165, 1.54) is 6.42 Å². The normalized spacial score (nSPS) is 34.2. The van der Waals surface area contributed by atoms with E-state index in [0.29, 0.717) is 12.1 Å². The molecule has 6 rings (SSSR count). The average molecular weight is 391 g/mol. The third-order valence-corrected chi connectivity index (χ3v) is 8.35. The Morgan fingerprint density at radius 3 is 2.00 bits per heavy atom. The molecule has 0 aromatic heterocycles. The summed E-state index contributed by atoms with van der Waals surface area (Å²) >= 11 is 0. The van der Waals surface area contributed by atoms with E-state index < -0.39 is 5.41 Å². The van der Waals surface area contributed by atoms with Gasteiger partial charge in [0.15, 0.2) is 0 Å². The van der Waals surface area contributed by atoms with Crippen molar-refractivity contribution in [3.8, 4) is 11.5 Å². The molecule has 2 saturated heterocycles. The summed E-state index contributed by atoms with van der Waals surface area (Å²) in [6.07, 6.45) is 3.39. The zero-order valence-electron chi connectivity index (χ0n) is 17.3. The Bertz CT molecular complexity index is 947. The van der Waals surface area contributed by atoms with Crippen molar-refractivity contribution in [3.05, 3.63) is 59.7 Å². The topological polar surface area (TPSA) is 35.5 Å². The summed E-state index contributed by atoms with van der Waals surface area (Å²) < 4.78 is 13.5. The number of carbonyl (C=O) groups excluding carboxylic acids is 1. The van der Waals surface area contributed by atoms with Gasteiger partial charge in [-0.2, -0.15) is 0 Å². The standard InChI is InChI=1S/C25H28NO3/c1-25(18-8-4-6-10-22(18)29-23-11-7-5-9-19(23)25)24(27)28-15-12-20-16-14-17(16)21(13-15)26(20,2)3/h4-11,15-17,20-21H,12-14H2,1-3H3/q+1. The summed E-state index contributed by atoms with van der Waals surface area (Å²) in [5.74, 6) is 3.03. The molecule has 29 heavy (non-hydrogen) atoms. The van der Waals surface area contributed by atoms with Crippen molar-refractivity contribution in [2.24, 2.45) is 11.8 Å². The van der Waals surface area contributed by atoms with Crippen LogP contribution < -0.4 is 4.74 Å². The monoisotopic (exact) mass is 390 g/mol. The number of nitrogens with zero attached hydrogens (tertiary/aromatic N) is 1. The average Bonchev–Trinajstić information content (AvgIpc) is 3.46. The lowest BCUT2D eigenvalue weighted by atomic mass is 9.74. The van der Waals surface area contributed by atoms with Gasteiger partial charge in [0, 0.05) is 35.8 Å². The van der Waals surface area contributed by atoms with Crippen LogP contribution in [0, 0.1) is 11.8 Å². The van der Waals surface area contributed by atoms with E-state index in [1.807, 2.05) is 55.5 Å². The SMILES string of the molecule is CC1(C(=O)OC2CC3C4CC4C(C2)[N+]3(C)C)c2ccccc2Oc2ccccc21. The predicted octanol–water partition coefficient (Wildman–Crippen LogP) is 4.27. The number of fused-ring (bicyclic) bond motifs is 7. The minimum Gasteiger partial charge on any atom is -0.461 e. The second kappa shape index (κ2) is 5.63. The zero-order chi connectivity index (χ0) is 20.0. The van der Waals surface area contributed by atoms with Crippen LogP contribution in [-0.4, -0.2) is 42.7 Å². The van der Waals surface area contributed by atoms with Crippen molar-refractivity contribution >= 4 is 5.97 Å². The first-order valence-electron chi connectivity index (χ1n) is 10.8. The highest BCUT2D eigenvalue weighted by molar-refractivity contribution is 5.90. The van der Waals surface area contributed by atoms with Gasteiger partial charge >= 0.3 is 5.97 Å². The number of quaternary nitrogens is 1. The molecule has 2 aromatic rings. The fourth-order valence-electron chi connectivity index (χ4n) is 6.67. The summed E-state index contributed by atoms with van der Waals surface area (Å²) in [6.45, 7) is 1.99. The molecule has 4 heteroatoms. The molecule has 1 aliphatic carbocycles. The number of hydrogen-bond acceptors (Lipinski definition) is 3. The lowest BCUT2D eigenvalue weighted by Gasteiger charge is -2.46. The molecule has 0 N–H and O–H groups in total. The molecule has 2 aromatic carbocycles. The maximum Gasteiger partial charge on any atom is 0.321 e. The van der Waals surface area contributed by atoms with Crippen molar-refractivity contribution in [3.63, 3.8) is 0 Å². The van der Waals surface area contributed by atoms with Gasteiger partial charge < -0.3 is 14.0 Å². The van der Waals surface area contributed by atoms with Gasteiger partial charge in [0.1, 0.15) is 23.0 Å². The van der Waals surface area contributed by atoms with Crippen molar-refractivity contribution in [1.82, 2.24) is 0 Å². The number of esters is 1. The molecule has 0 amide bonds. The summed E-state index contributed by atoms with van der Waals surface area (Å²) in [4.78, 5) is 13.7. The number of benzene rings is 2. The Balaban J connectivity index is 1.34. The second-order valence-corrected chi connectivity index (χ2v) is 10.0. The zero-order valence-corrected chi connectivity index (χ0v) is 17.3. The van der Waals surface area contributed by atoms with Gasteiger partial charge in [-0.25, -0.2) is 0 Å². The van der Waals surface area contributed by atoms with Gasteiger partial charge in [-0.1, -0.05) is 36.4 Å². The highest BCUT2D eigenvalue weighted by Gasteiger charge is 2.68. The van der Waals surface area contributed by atoms with Crippen LogP contribution in [0.2, 0.25) is 0 Å². The smallest absolute Gasteiger partial charge is 0.321 e. The molecule has 4 aliphatic rings. The van der Waals surface area contributed by atoms with Crippen LogP contribution in [0.3, 0.4) is 0 Å². The van der Waals surface area contributed by atoms with E-state index >= 15 is 0 Å². The number of rotatable bonds is 2. The number of carbonyl (C=O) groups is 1. The van der Waals surface area contributed by atoms with E-state index in [9.17, 15) is 4.79 Å². The molecule has 3 fully saturated rings. The largest absolute Gasteiger partial charge is 0.461 e. The molecule has 4 atom stereocenters. The van der Waals surface area contributed by atoms with Crippen LogP contribution in [0.15, 0.2) is 48.5 Å². The molecular weight excluding hydrogens is 362 g/mol. The van der Waals surface area contributed by atoms with Crippen LogP contribution in [-0.2, 0) is 14.9 Å². The second-order valence-electron chi connectivity index (χ2n) is 10.0. The van der Waals surface area contributed by atoms with Crippen LogP contribution >= 0.6 is 0 Å². The number of para-hydroxylation sites is 2. The molecule has 3 heterocycles. The molecule has 150 valence electrons. The molecule has 0 spiro atoms. The maximum atomic E-state index is 13.7.